The summed E-state index contributed by atoms with van der Waals surface area (Å²) in [6.07, 6.45) is 0.299. The van der Waals surface area contributed by atoms with E-state index in [0.717, 1.165) is 0 Å². The first kappa shape index (κ1) is 14.8. The molecule has 0 aliphatic carbocycles. The Kier molecular flexibility index (Phi) is 5.95. The molecule has 0 radical (unpaired) electrons. The van der Waals surface area contributed by atoms with Gasteiger partial charge in [-0.15, -0.1) is 0 Å². The van der Waals surface area contributed by atoms with Gasteiger partial charge >= 0.3 is 5.97 Å². The van der Waals surface area contributed by atoms with E-state index in [-0.39, 0.29) is 31.3 Å². The van der Waals surface area contributed by atoms with Crippen LogP contribution in [-0.4, -0.2) is 25.5 Å². The van der Waals surface area contributed by atoms with Crippen molar-refractivity contribution in [3.63, 3.8) is 0 Å². The maximum atomic E-state index is 11.6. The number of carbonyl (C=O) groups is 2. The van der Waals surface area contributed by atoms with Crippen molar-refractivity contribution in [2.75, 3.05) is 13.7 Å². The molecule has 0 saturated carbocycles. The van der Waals surface area contributed by atoms with Crippen LogP contribution < -0.4 is 5.32 Å². The first-order chi connectivity index (χ1) is 8.52. The fourth-order valence-corrected chi connectivity index (χ4v) is 1.78. The van der Waals surface area contributed by atoms with Crippen LogP contribution in [0.2, 0.25) is 10.0 Å². The van der Waals surface area contributed by atoms with Gasteiger partial charge in [0, 0.05) is 16.6 Å². The summed E-state index contributed by atoms with van der Waals surface area (Å²) < 4.78 is 4.46. The fourth-order valence-electron chi connectivity index (χ4n) is 1.31. The van der Waals surface area contributed by atoms with Gasteiger partial charge in [-0.05, 0) is 17.7 Å². The van der Waals surface area contributed by atoms with Crippen molar-refractivity contribution in [2.24, 2.45) is 0 Å². The molecule has 6 heteroatoms. The molecule has 0 aliphatic rings. The minimum Gasteiger partial charge on any atom is -0.469 e. The molecule has 0 bridgehead atoms. The molecule has 1 N–H and O–H groups in total. The van der Waals surface area contributed by atoms with E-state index >= 15 is 0 Å². The van der Waals surface area contributed by atoms with Crippen LogP contribution in [0, 0.1) is 0 Å². The van der Waals surface area contributed by atoms with Crippen molar-refractivity contribution >= 4 is 35.1 Å². The summed E-state index contributed by atoms with van der Waals surface area (Å²) in [5.41, 5.74) is 0.691. The molecule has 1 rings (SSSR count). The van der Waals surface area contributed by atoms with Crippen molar-refractivity contribution in [1.29, 1.82) is 0 Å². The second-order valence-electron chi connectivity index (χ2n) is 3.59. The number of benzene rings is 1. The zero-order valence-electron chi connectivity index (χ0n) is 9.83. The monoisotopic (exact) mass is 289 g/mol. The van der Waals surface area contributed by atoms with E-state index < -0.39 is 0 Å². The summed E-state index contributed by atoms with van der Waals surface area (Å²) in [6, 6.07) is 4.95. The lowest BCUT2D eigenvalue weighted by Gasteiger charge is -2.06. The summed E-state index contributed by atoms with van der Waals surface area (Å²) >= 11 is 11.7. The molecule has 1 aromatic carbocycles. The number of esters is 1. The van der Waals surface area contributed by atoms with Gasteiger partial charge in [0.1, 0.15) is 0 Å². The average Bonchev–Trinajstić information content (AvgIpc) is 2.32. The quantitative estimate of drug-likeness (QED) is 0.846. The maximum Gasteiger partial charge on any atom is 0.307 e. The number of hydrogen-bond donors (Lipinski definition) is 1. The van der Waals surface area contributed by atoms with Crippen molar-refractivity contribution in [1.82, 2.24) is 5.32 Å². The highest BCUT2D eigenvalue weighted by molar-refractivity contribution is 6.35. The van der Waals surface area contributed by atoms with E-state index in [0.29, 0.717) is 15.6 Å². The average molecular weight is 290 g/mol. The van der Waals surface area contributed by atoms with Crippen molar-refractivity contribution < 1.29 is 14.3 Å². The Balaban J connectivity index is 2.42. The molecule has 0 unspecified atom stereocenters. The van der Waals surface area contributed by atoms with E-state index in [1.165, 1.54) is 7.11 Å². The Labute approximate surface area is 115 Å². The van der Waals surface area contributed by atoms with E-state index in [2.05, 4.69) is 10.1 Å². The van der Waals surface area contributed by atoms with Crippen LogP contribution >= 0.6 is 23.2 Å². The lowest BCUT2D eigenvalue weighted by Crippen LogP contribution is -2.27. The largest absolute Gasteiger partial charge is 0.469 e. The molecule has 0 fully saturated rings. The third-order valence-corrected chi connectivity index (χ3v) is 2.83. The van der Waals surface area contributed by atoms with Crippen LogP contribution in [0.15, 0.2) is 18.2 Å². The zero-order chi connectivity index (χ0) is 13.5. The molecule has 98 valence electrons. The van der Waals surface area contributed by atoms with E-state index in [4.69, 9.17) is 23.2 Å². The topological polar surface area (TPSA) is 55.4 Å². The first-order valence-electron chi connectivity index (χ1n) is 5.30. The van der Waals surface area contributed by atoms with Gasteiger partial charge in [-0.2, -0.15) is 0 Å². The van der Waals surface area contributed by atoms with Gasteiger partial charge < -0.3 is 10.1 Å². The Morgan fingerprint density at radius 1 is 1.33 bits per heavy atom. The predicted molar refractivity (Wildman–Crippen MR) is 69.8 cm³/mol. The molecule has 1 aromatic rings. The first-order valence-corrected chi connectivity index (χ1v) is 6.06. The molecule has 18 heavy (non-hydrogen) atoms. The van der Waals surface area contributed by atoms with Crippen LogP contribution in [0.5, 0.6) is 0 Å². The van der Waals surface area contributed by atoms with Crippen LogP contribution in [0.4, 0.5) is 0 Å². The standard InChI is InChI=1S/C12H13Cl2NO3/c1-18-12(17)4-5-15-11(16)6-8-2-3-9(13)7-10(8)14/h2-3,7H,4-6H2,1H3,(H,15,16). The summed E-state index contributed by atoms with van der Waals surface area (Å²) in [5.74, 6) is -0.567. The van der Waals surface area contributed by atoms with Crippen LogP contribution in [0.1, 0.15) is 12.0 Å². The Hall–Kier alpha value is -1.26. The molecule has 0 aromatic heterocycles. The van der Waals surface area contributed by atoms with Gasteiger partial charge in [-0.25, -0.2) is 0 Å². The Bertz CT molecular complexity index is 449. The van der Waals surface area contributed by atoms with Crippen molar-refractivity contribution in [3.8, 4) is 0 Å². The molecule has 1 amide bonds. The molecular formula is C12H13Cl2NO3. The smallest absolute Gasteiger partial charge is 0.307 e. The van der Waals surface area contributed by atoms with Crippen LogP contribution in [0.25, 0.3) is 0 Å². The zero-order valence-corrected chi connectivity index (χ0v) is 11.3. The summed E-state index contributed by atoms with van der Waals surface area (Å²) in [7, 11) is 1.30. The SMILES string of the molecule is COC(=O)CCNC(=O)Cc1ccc(Cl)cc1Cl. The fraction of sp³-hybridized carbons (Fsp3) is 0.333. The van der Waals surface area contributed by atoms with Gasteiger partial charge in [0.25, 0.3) is 0 Å². The molecule has 0 atom stereocenters. The van der Waals surface area contributed by atoms with Crippen LogP contribution in [0.3, 0.4) is 0 Å². The van der Waals surface area contributed by atoms with Crippen LogP contribution in [-0.2, 0) is 20.7 Å². The van der Waals surface area contributed by atoms with Gasteiger partial charge in [0.2, 0.25) is 5.91 Å². The molecule has 0 heterocycles. The predicted octanol–water partition coefficient (Wildman–Crippen LogP) is 2.22. The van der Waals surface area contributed by atoms with Crippen molar-refractivity contribution in [3.05, 3.63) is 33.8 Å². The summed E-state index contributed by atoms with van der Waals surface area (Å²) in [4.78, 5) is 22.4. The third-order valence-electron chi connectivity index (χ3n) is 2.25. The van der Waals surface area contributed by atoms with E-state index in [1.807, 2.05) is 0 Å². The normalized spacial score (nSPS) is 9.94. The molecule has 0 spiro atoms. The highest BCUT2D eigenvalue weighted by Gasteiger charge is 2.08. The molecule has 4 nitrogen and oxygen atoms in total. The minimum absolute atomic E-state index is 0.149. The Morgan fingerprint density at radius 2 is 2.06 bits per heavy atom. The van der Waals surface area contributed by atoms with Gasteiger partial charge in [-0.3, -0.25) is 9.59 Å². The molecular weight excluding hydrogens is 277 g/mol. The number of methoxy groups -OCH3 is 1. The summed E-state index contributed by atoms with van der Waals surface area (Å²) in [6.45, 7) is 0.247. The lowest BCUT2D eigenvalue weighted by molar-refractivity contribution is -0.140. The maximum absolute atomic E-state index is 11.6. The summed E-state index contributed by atoms with van der Waals surface area (Å²) in [5, 5.41) is 3.58. The number of rotatable bonds is 5. The number of hydrogen-bond acceptors (Lipinski definition) is 3. The second kappa shape index (κ2) is 7.24. The molecule has 0 saturated heterocycles. The minimum atomic E-state index is -0.361. The van der Waals surface area contributed by atoms with Crippen molar-refractivity contribution in [2.45, 2.75) is 12.8 Å². The number of halogens is 2. The highest BCUT2D eigenvalue weighted by atomic mass is 35.5. The number of nitrogens with one attached hydrogen (secondary N) is 1. The van der Waals surface area contributed by atoms with Gasteiger partial charge in [-0.1, -0.05) is 29.3 Å². The lowest BCUT2D eigenvalue weighted by atomic mass is 10.1. The second-order valence-corrected chi connectivity index (χ2v) is 4.43. The number of amides is 1. The van der Waals surface area contributed by atoms with E-state index in [1.54, 1.807) is 18.2 Å². The van der Waals surface area contributed by atoms with Gasteiger partial charge in [0.15, 0.2) is 0 Å². The number of ether oxygens (including phenoxy) is 1. The third kappa shape index (κ3) is 4.94. The van der Waals surface area contributed by atoms with E-state index in [9.17, 15) is 9.59 Å². The van der Waals surface area contributed by atoms with Gasteiger partial charge in [0.05, 0.1) is 20.0 Å². The number of carbonyl (C=O) groups excluding carboxylic acids is 2. The molecule has 0 aliphatic heterocycles. The highest BCUT2D eigenvalue weighted by Crippen LogP contribution is 2.21. The Morgan fingerprint density at radius 3 is 2.67 bits per heavy atom.